The molecule has 1 N–H and O–H groups in total. The standard InChI is InChI=1S/C9H8F2O3/c1-5-4-6(14-9(10)11)2-3-7(5)8(12)13/h2-4,9H,1H3,(H,12,13). The Labute approximate surface area is 78.9 Å². The van der Waals surface area contributed by atoms with Crippen molar-refractivity contribution in [1.29, 1.82) is 0 Å². The van der Waals surface area contributed by atoms with Crippen LogP contribution in [0.4, 0.5) is 8.78 Å². The molecule has 0 aliphatic heterocycles. The monoisotopic (exact) mass is 202 g/mol. The van der Waals surface area contributed by atoms with Crippen molar-refractivity contribution in [2.75, 3.05) is 0 Å². The van der Waals surface area contributed by atoms with E-state index in [1.165, 1.54) is 25.1 Å². The van der Waals surface area contributed by atoms with Crippen LogP contribution in [0.5, 0.6) is 5.75 Å². The van der Waals surface area contributed by atoms with Crippen molar-refractivity contribution in [2.24, 2.45) is 0 Å². The molecule has 0 radical (unpaired) electrons. The normalized spacial score (nSPS) is 10.3. The average molecular weight is 202 g/mol. The maximum Gasteiger partial charge on any atom is 0.387 e. The fourth-order valence-electron chi connectivity index (χ4n) is 1.05. The van der Waals surface area contributed by atoms with E-state index in [2.05, 4.69) is 4.74 Å². The molecular weight excluding hydrogens is 194 g/mol. The molecule has 0 atom stereocenters. The van der Waals surface area contributed by atoms with E-state index < -0.39 is 12.6 Å². The van der Waals surface area contributed by atoms with Gasteiger partial charge >= 0.3 is 12.6 Å². The number of ether oxygens (including phenoxy) is 1. The summed E-state index contributed by atoms with van der Waals surface area (Å²) in [5, 5.41) is 8.65. The van der Waals surface area contributed by atoms with Gasteiger partial charge in [-0.3, -0.25) is 0 Å². The van der Waals surface area contributed by atoms with E-state index in [1.54, 1.807) is 0 Å². The molecule has 0 saturated carbocycles. The van der Waals surface area contributed by atoms with Crippen LogP contribution >= 0.6 is 0 Å². The zero-order chi connectivity index (χ0) is 10.7. The van der Waals surface area contributed by atoms with Gasteiger partial charge in [-0.15, -0.1) is 0 Å². The lowest BCUT2D eigenvalue weighted by Crippen LogP contribution is -2.04. The Morgan fingerprint density at radius 1 is 1.50 bits per heavy atom. The van der Waals surface area contributed by atoms with Crippen LogP contribution in [0.2, 0.25) is 0 Å². The minimum Gasteiger partial charge on any atom is -0.478 e. The molecule has 0 saturated heterocycles. The zero-order valence-electron chi connectivity index (χ0n) is 7.33. The van der Waals surface area contributed by atoms with Crippen LogP contribution in [0.25, 0.3) is 0 Å². The summed E-state index contributed by atoms with van der Waals surface area (Å²) in [5.74, 6) is -1.13. The summed E-state index contributed by atoms with van der Waals surface area (Å²) >= 11 is 0. The number of halogens is 2. The molecule has 1 aromatic carbocycles. The molecule has 14 heavy (non-hydrogen) atoms. The van der Waals surface area contributed by atoms with Gasteiger partial charge in [0.25, 0.3) is 0 Å². The highest BCUT2D eigenvalue weighted by Gasteiger charge is 2.09. The predicted octanol–water partition coefficient (Wildman–Crippen LogP) is 2.29. The van der Waals surface area contributed by atoms with Crippen LogP contribution in [-0.2, 0) is 0 Å². The number of aryl methyl sites for hydroxylation is 1. The second kappa shape index (κ2) is 4.04. The summed E-state index contributed by atoms with van der Waals surface area (Å²) in [5.41, 5.74) is 0.460. The number of aromatic carboxylic acids is 1. The molecule has 5 heteroatoms. The van der Waals surface area contributed by atoms with E-state index in [9.17, 15) is 13.6 Å². The minimum absolute atomic E-state index is 0.0394. The molecule has 0 amide bonds. The van der Waals surface area contributed by atoms with Crippen LogP contribution in [0.15, 0.2) is 18.2 Å². The van der Waals surface area contributed by atoms with E-state index in [0.29, 0.717) is 5.56 Å². The lowest BCUT2D eigenvalue weighted by Gasteiger charge is -2.06. The minimum atomic E-state index is -2.90. The molecule has 1 aromatic rings. The first kappa shape index (κ1) is 10.4. The van der Waals surface area contributed by atoms with Crippen LogP contribution in [0, 0.1) is 6.92 Å². The van der Waals surface area contributed by atoms with Crippen molar-refractivity contribution < 1.29 is 23.4 Å². The van der Waals surface area contributed by atoms with E-state index in [4.69, 9.17) is 5.11 Å². The van der Waals surface area contributed by atoms with Crippen molar-refractivity contribution in [1.82, 2.24) is 0 Å². The van der Waals surface area contributed by atoms with Crippen LogP contribution in [0.1, 0.15) is 15.9 Å². The van der Waals surface area contributed by atoms with Gasteiger partial charge in [0.15, 0.2) is 0 Å². The summed E-state index contributed by atoms with van der Waals surface area (Å²) < 4.78 is 27.6. The topological polar surface area (TPSA) is 46.5 Å². The van der Waals surface area contributed by atoms with E-state index in [0.717, 1.165) is 0 Å². The number of benzene rings is 1. The summed E-state index contributed by atoms with van der Waals surface area (Å²) in [4.78, 5) is 10.6. The number of alkyl halides is 2. The highest BCUT2D eigenvalue weighted by Crippen LogP contribution is 2.18. The molecule has 0 unspecified atom stereocenters. The number of rotatable bonds is 3. The Morgan fingerprint density at radius 3 is 2.57 bits per heavy atom. The predicted molar refractivity (Wildman–Crippen MR) is 44.8 cm³/mol. The smallest absolute Gasteiger partial charge is 0.387 e. The maximum absolute atomic E-state index is 11.8. The molecule has 0 fully saturated rings. The van der Waals surface area contributed by atoms with Crippen molar-refractivity contribution in [3.63, 3.8) is 0 Å². The first-order valence-corrected chi connectivity index (χ1v) is 3.79. The third kappa shape index (κ3) is 2.42. The summed E-state index contributed by atoms with van der Waals surface area (Å²) in [7, 11) is 0. The molecule has 0 bridgehead atoms. The molecule has 3 nitrogen and oxygen atoms in total. The molecule has 0 spiro atoms. The Bertz CT molecular complexity index is 350. The van der Waals surface area contributed by atoms with Crippen LogP contribution < -0.4 is 4.74 Å². The Kier molecular flexibility index (Phi) is 3.01. The highest BCUT2D eigenvalue weighted by molar-refractivity contribution is 5.89. The fourth-order valence-corrected chi connectivity index (χ4v) is 1.05. The van der Waals surface area contributed by atoms with E-state index in [-0.39, 0.29) is 11.3 Å². The largest absolute Gasteiger partial charge is 0.478 e. The molecule has 76 valence electrons. The number of carbonyl (C=O) groups is 1. The molecule has 0 aromatic heterocycles. The lowest BCUT2D eigenvalue weighted by atomic mass is 10.1. The van der Waals surface area contributed by atoms with Gasteiger partial charge < -0.3 is 9.84 Å². The average Bonchev–Trinajstić information content (AvgIpc) is 2.01. The Morgan fingerprint density at radius 2 is 2.14 bits per heavy atom. The summed E-state index contributed by atoms with van der Waals surface area (Å²) in [6.07, 6.45) is 0. The summed E-state index contributed by atoms with van der Waals surface area (Å²) in [6, 6.07) is 3.69. The van der Waals surface area contributed by atoms with Crippen LogP contribution in [0.3, 0.4) is 0 Å². The maximum atomic E-state index is 11.8. The van der Waals surface area contributed by atoms with Crippen LogP contribution in [-0.4, -0.2) is 17.7 Å². The quantitative estimate of drug-likeness (QED) is 0.817. The molecule has 0 aliphatic rings. The number of carboxylic acids is 1. The van der Waals surface area contributed by atoms with Gasteiger partial charge in [0.05, 0.1) is 5.56 Å². The second-order valence-corrected chi connectivity index (χ2v) is 2.66. The Balaban J connectivity index is 2.94. The fraction of sp³-hybridized carbons (Fsp3) is 0.222. The third-order valence-electron chi connectivity index (χ3n) is 1.65. The third-order valence-corrected chi connectivity index (χ3v) is 1.65. The van der Waals surface area contributed by atoms with Crippen molar-refractivity contribution in [3.05, 3.63) is 29.3 Å². The second-order valence-electron chi connectivity index (χ2n) is 2.66. The van der Waals surface area contributed by atoms with E-state index in [1.807, 2.05) is 0 Å². The zero-order valence-corrected chi connectivity index (χ0v) is 7.33. The van der Waals surface area contributed by atoms with E-state index >= 15 is 0 Å². The molecule has 1 rings (SSSR count). The number of hydrogen-bond donors (Lipinski definition) is 1. The van der Waals surface area contributed by atoms with Crippen molar-refractivity contribution in [3.8, 4) is 5.75 Å². The van der Waals surface area contributed by atoms with Gasteiger partial charge in [-0.25, -0.2) is 4.79 Å². The molecule has 0 aliphatic carbocycles. The van der Waals surface area contributed by atoms with Gasteiger partial charge in [0.1, 0.15) is 5.75 Å². The number of carboxylic acid groups (broad SMARTS) is 1. The highest BCUT2D eigenvalue weighted by atomic mass is 19.3. The lowest BCUT2D eigenvalue weighted by molar-refractivity contribution is -0.0498. The first-order valence-electron chi connectivity index (χ1n) is 3.79. The van der Waals surface area contributed by atoms with Gasteiger partial charge in [0.2, 0.25) is 0 Å². The van der Waals surface area contributed by atoms with Gasteiger partial charge in [0, 0.05) is 0 Å². The number of hydrogen-bond acceptors (Lipinski definition) is 2. The van der Waals surface area contributed by atoms with Gasteiger partial charge in [-0.05, 0) is 30.7 Å². The SMILES string of the molecule is Cc1cc(OC(F)F)ccc1C(=O)O. The summed E-state index contributed by atoms with van der Waals surface area (Å²) in [6.45, 7) is -1.38. The Hall–Kier alpha value is -1.65. The van der Waals surface area contributed by atoms with Crippen molar-refractivity contribution in [2.45, 2.75) is 13.5 Å². The first-order chi connectivity index (χ1) is 6.50. The molecular formula is C9H8F2O3. The van der Waals surface area contributed by atoms with Crippen molar-refractivity contribution >= 4 is 5.97 Å². The van der Waals surface area contributed by atoms with Gasteiger partial charge in [-0.1, -0.05) is 0 Å². The van der Waals surface area contributed by atoms with Gasteiger partial charge in [-0.2, -0.15) is 8.78 Å². The molecule has 0 heterocycles.